The molecule has 2 rings (SSSR count). The number of nitrogens with one attached hydrogen (secondary N) is 1. The SMILES string of the molecule is CCCNC(Cc1ccc(I)cc1)c1cnc(C)s1. The molecule has 2 aromatic rings. The first-order valence-corrected chi connectivity index (χ1v) is 8.48. The third kappa shape index (κ3) is 4.54. The van der Waals surface area contributed by atoms with E-state index in [1.165, 1.54) is 14.0 Å². The molecule has 0 saturated heterocycles. The smallest absolute Gasteiger partial charge is 0.0897 e. The Morgan fingerprint density at radius 1 is 1.32 bits per heavy atom. The molecule has 1 aromatic carbocycles. The Bertz CT molecular complexity index is 507. The maximum Gasteiger partial charge on any atom is 0.0897 e. The lowest BCUT2D eigenvalue weighted by atomic mass is 10.1. The molecule has 0 aliphatic heterocycles. The lowest BCUT2D eigenvalue weighted by Gasteiger charge is -2.17. The summed E-state index contributed by atoms with van der Waals surface area (Å²) in [6, 6.07) is 9.16. The molecule has 0 aliphatic rings. The van der Waals surface area contributed by atoms with Crippen molar-refractivity contribution in [1.82, 2.24) is 10.3 Å². The number of aryl methyl sites for hydroxylation is 1. The van der Waals surface area contributed by atoms with Crippen molar-refractivity contribution < 1.29 is 0 Å². The minimum absolute atomic E-state index is 0.381. The summed E-state index contributed by atoms with van der Waals surface area (Å²) in [5, 5.41) is 4.77. The molecule has 2 nitrogen and oxygen atoms in total. The minimum atomic E-state index is 0.381. The number of aromatic nitrogens is 1. The summed E-state index contributed by atoms with van der Waals surface area (Å²) >= 11 is 4.14. The van der Waals surface area contributed by atoms with E-state index < -0.39 is 0 Å². The summed E-state index contributed by atoms with van der Waals surface area (Å²) in [6.45, 7) is 5.31. The molecule has 102 valence electrons. The van der Waals surface area contributed by atoms with Crippen LogP contribution in [-0.4, -0.2) is 11.5 Å². The Morgan fingerprint density at radius 2 is 2.05 bits per heavy atom. The molecular formula is C15H19IN2S. The average Bonchev–Trinajstić information content (AvgIpc) is 2.83. The van der Waals surface area contributed by atoms with Crippen LogP contribution in [0.5, 0.6) is 0 Å². The van der Waals surface area contributed by atoms with Crippen molar-refractivity contribution in [3.8, 4) is 0 Å². The van der Waals surface area contributed by atoms with Crippen LogP contribution in [-0.2, 0) is 6.42 Å². The van der Waals surface area contributed by atoms with Gasteiger partial charge in [-0.3, -0.25) is 0 Å². The van der Waals surface area contributed by atoms with Crippen LogP contribution >= 0.6 is 33.9 Å². The highest BCUT2D eigenvalue weighted by molar-refractivity contribution is 14.1. The molecule has 1 aromatic heterocycles. The highest BCUT2D eigenvalue weighted by atomic mass is 127. The van der Waals surface area contributed by atoms with Crippen molar-refractivity contribution in [2.24, 2.45) is 0 Å². The molecule has 1 heterocycles. The highest BCUT2D eigenvalue weighted by Gasteiger charge is 2.14. The van der Waals surface area contributed by atoms with Crippen molar-refractivity contribution in [2.75, 3.05) is 6.54 Å². The van der Waals surface area contributed by atoms with E-state index in [2.05, 4.69) is 71.0 Å². The molecule has 19 heavy (non-hydrogen) atoms. The van der Waals surface area contributed by atoms with Crippen molar-refractivity contribution >= 4 is 33.9 Å². The summed E-state index contributed by atoms with van der Waals surface area (Å²) in [5.74, 6) is 0. The second-order valence-corrected chi connectivity index (χ2v) is 7.13. The van der Waals surface area contributed by atoms with Gasteiger partial charge in [-0.05, 0) is 66.6 Å². The van der Waals surface area contributed by atoms with Gasteiger partial charge in [0, 0.05) is 20.7 Å². The monoisotopic (exact) mass is 386 g/mol. The third-order valence-corrected chi connectivity index (χ3v) is 4.72. The van der Waals surface area contributed by atoms with E-state index in [1.807, 2.05) is 6.20 Å². The van der Waals surface area contributed by atoms with Crippen LogP contribution in [0.3, 0.4) is 0 Å². The summed E-state index contributed by atoms with van der Waals surface area (Å²) in [6.07, 6.45) is 4.19. The molecule has 0 bridgehead atoms. The number of hydrogen-bond donors (Lipinski definition) is 1. The number of benzene rings is 1. The normalized spacial score (nSPS) is 12.6. The van der Waals surface area contributed by atoms with Crippen molar-refractivity contribution in [1.29, 1.82) is 0 Å². The lowest BCUT2D eigenvalue weighted by Crippen LogP contribution is -2.23. The summed E-state index contributed by atoms with van der Waals surface area (Å²) in [7, 11) is 0. The molecular weight excluding hydrogens is 367 g/mol. The second kappa shape index (κ2) is 7.36. The van der Waals surface area contributed by atoms with Crippen LogP contribution in [0.4, 0.5) is 0 Å². The van der Waals surface area contributed by atoms with Gasteiger partial charge in [-0.2, -0.15) is 0 Å². The van der Waals surface area contributed by atoms with Gasteiger partial charge in [-0.15, -0.1) is 11.3 Å². The van der Waals surface area contributed by atoms with Gasteiger partial charge in [-0.25, -0.2) is 4.98 Å². The number of halogens is 1. The zero-order valence-electron chi connectivity index (χ0n) is 11.3. The molecule has 0 fully saturated rings. The maximum absolute atomic E-state index is 4.38. The third-order valence-electron chi connectivity index (χ3n) is 2.98. The van der Waals surface area contributed by atoms with Gasteiger partial charge in [-0.1, -0.05) is 19.1 Å². The Balaban J connectivity index is 2.11. The molecule has 0 aliphatic carbocycles. The Morgan fingerprint density at radius 3 is 2.63 bits per heavy atom. The van der Waals surface area contributed by atoms with E-state index >= 15 is 0 Å². The lowest BCUT2D eigenvalue weighted by molar-refractivity contribution is 0.536. The Labute approximate surface area is 132 Å². The highest BCUT2D eigenvalue weighted by Crippen LogP contribution is 2.24. The first-order chi connectivity index (χ1) is 9.19. The van der Waals surface area contributed by atoms with Crippen LogP contribution in [0.15, 0.2) is 30.5 Å². The van der Waals surface area contributed by atoms with Crippen molar-refractivity contribution in [2.45, 2.75) is 32.7 Å². The zero-order valence-corrected chi connectivity index (χ0v) is 14.3. The van der Waals surface area contributed by atoms with Crippen molar-refractivity contribution in [3.63, 3.8) is 0 Å². The van der Waals surface area contributed by atoms with E-state index in [1.54, 1.807) is 11.3 Å². The second-order valence-electron chi connectivity index (χ2n) is 4.62. The molecule has 1 unspecified atom stereocenters. The van der Waals surface area contributed by atoms with Crippen LogP contribution in [0.1, 0.15) is 34.8 Å². The number of thiazole rings is 1. The summed E-state index contributed by atoms with van der Waals surface area (Å²) < 4.78 is 1.29. The topological polar surface area (TPSA) is 24.9 Å². The van der Waals surface area contributed by atoms with Gasteiger partial charge >= 0.3 is 0 Å². The zero-order chi connectivity index (χ0) is 13.7. The largest absolute Gasteiger partial charge is 0.309 e. The molecule has 1 N–H and O–H groups in total. The average molecular weight is 386 g/mol. The quantitative estimate of drug-likeness (QED) is 0.748. The van der Waals surface area contributed by atoms with E-state index in [0.717, 1.165) is 24.4 Å². The van der Waals surface area contributed by atoms with E-state index in [-0.39, 0.29) is 0 Å². The van der Waals surface area contributed by atoms with E-state index in [9.17, 15) is 0 Å². The van der Waals surface area contributed by atoms with Gasteiger partial charge < -0.3 is 5.32 Å². The number of rotatable bonds is 6. The fourth-order valence-electron chi connectivity index (χ4n) is 1.99. The predicted molar refractivity (Wildman–Crippen MR) is 90.7 cm³/mol. The van der Waals surface area contributed by atoms with Crippen LogP contribution in [0.25, 0.3) is 0 Å². The van der Waals surface area contributed by atoms with Gasteiger partial charge in [0.2, 0.25) is 0 Å². The Kier molecular flexibility index (Phi) is 5.78. The van der Waals surface area contributed by atoms with Gasteiger partial charge in [0.1, 0.15) is 0 Å². The van der Waals surface area contributed by atoms with Gasteiger partial charge in [0.15, 0.2) is 0 Å². The summed E-state index contributed by atoms with van der Waals surface area (Å²) in [4.78, 5) is 5.72. The number of hydrogen-bond acceptors (Lipinski definition) is 3. The van der Waals surface area contributed by atoms with Crippen LogP contribution in [0, 0.1) is 10.5 Å². The fourth-order valence-corrected chi connectivity index (χ4v) is 3.21. The predicted octanol–water partition coefficient (Wildman–Crippen LogP) is 4.34. The molecule has 0 saturated carbocycles. The first kappa shape index (κ1) is 14.9. The molecule has 4 heteroatoms. The van der Waals surface area contributed by atoms with Crippen LogP contribution in [0.2, 0.25) is 0 Å². The minimum Gasteiger partial charge on any atom is -0.309 e. The molecule has 0 radical (unpaired) electrons. The summed E-state index contributed by atoms with van der Waals surface area (Å²) in [5.41, 5.74) is 1.38. The van der Waals surface area contributed by atoms with Crippen LogP contribution < -0.4 is 5.32 Å². The fraction of sp³-hybridized carbons (Fsp3) is 0.400. The molecule has 0 amide bonds. The number of nitrogens with zero attached hydrogens (tertiary/aromatic N) is 1. The first-order valence-electron chi connectivity index (χ1n) is 6.59. The standard InChI is InChI=1S/C15H19IN2S/c1-3-8-17-14(15-10-18-11(2)19-15)9-12-4-6-13(16)7-5-12/h4-7,10,14,17H,3,8-9H2,1-2H3. The van der Waals surface area contributed by atoms with Gasteiger partial charge in [0.25, 0.3) is 0 Å². The van der Waals surface area contributed by atoms with E-state index in [4.69, 9.17) is 0 Å². The van der Waals surface area contributed by atoms with E-state index in [0.29, 0.717) is 6.04 Å². The maximum atomic E-state index is 4.38. The van der Waals surface area contributed by atoms with Gasteiger partial charge in [0.05, 0.1) is 5.01 Å². The molecule has 1 atom stereocenters. The Hall–Kier alpha value is -0.460. The molecule has 0 spiro atoms. The van der Waals surface area contributed by atoms with Crippen molar-refractivity contribution in [3.05, 3.63) is 49.5 Å².